The van der Waals surface area contributed by atoms with Crippen molar-refractivity contribution >= 4 is 39.7 Å². The minimum Gasteiger partial charge on any atom is -0.330 e. The minimum atomic E-state index is -0.116. The molecule has 4 rings (SSSR count). The minimum absolute atomic E-state index is 0.00734. The lowest BCUT2D eigenvalue weighted by Crippen LogP contribution is -2.31. The fourth-order valence-corrected chi connectivity index (χ4v) is 5.01. The van der Waals surface area contributed by atoms with E-state index in [0.29, 0.717) is 40.4 Å². The van der Waals surface area contributed by atoms with Gasteiger partial charge < -0.3 is 4.90 Å². The van der Waals surface area contributed by atoms with Crippen LogP contribution in [0.3, 0.4) is 0 Å². The number of carbonyl (C=O) groups is 1. The number of hydrogen-bond acceptors (Lipinski definition) is 4. The van der Waals surface area contributed by atoms with Gasteiger partial charge in [0.25, 0.3) is 11.5 Å². The van der Waals surface area contributed by atoms with Crippen LogP contribution >= 0.6 is 22.9 Å². The Morgan fingerprint density at radius 1 is 1.23 bits per heavy atom. The zero-order chi connectivity index (χ0) is 21.1. The SMILES string of the molecule is C=CCN(Cc1ccc(Cl)s1)C(=O)c1ccc2c(=O)n3c(nc2c1)CCCCCC3. The molecule has 0 saturated heterocycles. The van der Waals surface area contributed by atoms with Crippen molar-refractivity contribution in [2.45, 2.75) is 45.2 Å². The first-order chi connectivity index (χ1) is 14.6. The molecular formula is C23H24ClN3O2S. The van der Waals surface area contributed by atoms with E-state index in [1.54, 1.807) is 29.2 Å². The van der Waals surface area contributed by atoms with Crippen LogP contribution < -0.4 is 5.56 Å². The van der Waals surface area contributed by atoms with E-state index in [9.17, 15) is 9.59 Å². The van der Waals surface area contributed by atoms with E-state index in [1.165, 1.54) is 11.3 Å². The quantitative estimate of drug-likeness (QED) is 0.520. The Kier molecular flexibility index (Phi) is 6.35. The summed E-state index contributed by atoms with van der Waals surface area (Å²) in [5.74, 6) is 0.711. The highest BCUT2D eigenvalue weighted by Crippen LogP contribution is 2.24. The van der Waals surface area contributed by atoms with Gasteiger partial charge in [0, 0.05) is 30.0 Å². The highest BCUT2D eigenvalue weighted by Gasteiger charge is 2.19. The van der Waals surface area contributed by atoms with E-state index in [4.69, 9.17) is 16.6 Å². The van der Waals surface area contributed by atoms with Gasteiger partial charge in [-0.3, -0.25) is 14.2 Å². The van der Waals surface area contributed by atoms with E-state index in [1.807, 2.05) is 16.7 Å². The Hall–Kier alpha value is -2.44. The van der Waals surface area contributed by atoms with Crippen molar-refractivity contribution in [3.05, 3.63) is 73.9 Å². The molecule has 1 aliphatic heterocycles. The monoisotopic (exact) mass is 441 g/mol. The Balaban J connectivity index is 1.68. The number of rotatable bonds is 5. The molecule has 0 unspecified atom stereocenters. The maximum absolute atomic E-state index is 13.2. The van der Waals surface area contributed by atoms with Crippen LogP contribution in [0.25, 0.3) is 10.9 Å². The molecular weight excluding hydrogens is 418 g/mol. The van der Waals surface area contributed by atoms with Crippen LogP contribution in [0, 0.1) is 0 Å². The van der Waals surface area contributed by atoms with Gasteiger partial charge >= 0.3 is 0 Å². The topological polar surface area (TPSA) is 55.2 Å². The molecule has 0 aliphatic carbocycles. The van der Waals surface area contributed by atoms with Crippen LogP contribution in [0.5, 0.6) is 0 Å². The predicted molar refractivity (Wildman–Crippen MR) is 122 cm³/mol. The van der Waals surface area contributed by atoms with Crippen LogP contribution in [0.1, 0.15) is 46.7 Å². The second-order valence-electron chi connectivity index (χ2n) is 7.56. The Labute approximate surface area is 184 Å². The second-order valence-corrected chi connectivity index (χ2v) is 9.36. The first-order valence-corrected chi connectivity index (χ1v) is 11.4. The summed E-state index contributed by atoms with van der Waals surface area (Å²) in [5.41, 5.74) is 1.11. The molecule has 30 heavy (non-hydrogen) atoms. The number of hydrogen-bond donors (Lipinski definition) is 0. The van der Waals surface area contributed by atoms with Gasteiger partial charge in [0.15, 0.2) is 0 Å². The van der Waals surface area contributed by atoms with Gasteiger partial charge in [-0.2, -0.15) is 0 Å². The molecule has 0 bridgehead atoms. The van der Waals surface area contributed by atoms with Gasteiger partial charge in [-0.15, -0.1) is 17.9 Å². The number of halogens is 1. The smallest absolute Gasteiger partial charge is 0.261 e. The van der Waals surface area contributed by atoms with Crippen molar-refractivity contribution in [2.75, 3.05) is 6.54 Å². The van der Waals surface area contributed by atoms with Crippen LogP contribution in [0.2, 0.25) is 4.34 Å². The summed E-state index contributed by atoms with van der Waals surface area (Å²) < 4.78 is 2.51. The molecule has 0 fully saturated rings. The number of nitrogens with zero attached hydrogens (tertiary/aromatic N) is 3. The average Bonchev–Trinajstić information content (AvgIpc) is 3.13. The Bertz CT molecular complexity index is 1150. The third kappa shape index (κ3) is 4.35. The van der Waals surface area contributed by atoms with Crippen molar-refractivity contribution in [1.82, 2.24) is 14.5 Å². The van der Waals surface area contributed by atoms with Crippen LogP contribution in [-0.2, 0) is 19.5 Å². The van der Waals surface area contributed by atoms with Crippen molar-refractivity contribution < 1.29 is 4.79 Å². The molecule has 2 aromatic heterocycles. The van der Waals surface area contributed by atoms with Crippen LogP contribution in [-0.4, -0.2) is 26.9 Å². The number of benzene rings is 1. The largest absolute Gasteiger partial charge is 0.330 e. The van der Waals surface area contributed by atoms with E-state index in [-0.39, 0.29) is 11.5 Å². The molecule has 3 aromatic rings. The standard InChI is InChI=1S/C23H24ClN3O2S/c1-2-12-26(15-17-9-11-20(24)30-17)22(28)16-8-10-18-19(14-16)25-21-7-5-3-4-6-13-27(21)23(18)29/h2,8-11,14H,1,3-7,12-13,15H2. The van der Waals surface area contributed by atoms with Gasteiger partial charge in [0.1, 0.15) is 5.82 Å². The van der Waals surface area contributed by atoms with E-state index in [2.05, 4.69) is 6.58 Å². The fraction of sp³-hybridized carbons (Fsp3) is 0.348. The lowest BCUT2D eigenvalue weighted by Gasteiger charge is -2.21. The van der Waals surface area contributed by atoms with Crippen molar-refractivity contribution in [1.29, 1.82) is 0 Å². The molecule has 1 aliphatic rings. The highest BCUT2D eigenvalue weighted by atomic mass is 35.5. The van der Waals surface area contributed by atoms with Crippen LogP contribution in [0.15, 0.2) is 47.8 Å². The Morgan fingerprint density at radius 3 is 2.83 bits per heavy atom. The van der Waals surface area contributed by atoms with Gasteiger partial charge in [-0.05, 0) is 43.2 Å². The summed E-state index contributed by atoms with van der Waals surface area (Å²) >= 11 is 7.49. The first-order valence-electron chi connectivity index (χ1n) is 10.2. The third-order valence-electron chi connectivity index (χ3n) is 5.43. The maximum atomic E-state index is 13.2. The summed E-state index contributed by atoms with van der Waals surface area (Å²) in [7, 11) is 0. The van der Waals surface area contributed by atoms with E-state index >= 15 is 0 Å². The number of thiophene rings is 1. The summed E-state index contributed by atoms with van der Waals surface area (Å²) in [6, 6.07) is 8.96. The molecule has 156 valence electrons. The van der Waals surface area contributed by atoms with Crippen molar-refractivity contribution in [2.24, 2.45) is 0 Å². The molecule has 0 N–H and O–H groups in total. The summed E-state index contributed by atoms with van der Waals surface area (Å²) in [6.07, 6.45) is 6.85. The van der Waals surface area contributed by atoms with Crippen LogP contribution in [0.4, 0.5) is 0 Å². The number of aryl methyl sites for hydroxylation is 1. The number of aromatic nitrogens is 2. The molecule has 7 heteroatoms. The van der Waals surface area contributed by atoms with Gasteiger partial charge in [0.2, 0.25) is 0 Å². The maximum Gasteiger partial charge on any atom is 0.261 e. The number of carbonyl (C=O) groups excluding carboxylic acids is 1. The normalized spacial score (nSPS) is 14.0. The highest BCUT2D eigenvalue weighted by molar-refractivity contribution is 7.16. The average molecular weight is 442 g/mol. The zero-order valence-corrected chi connectivity index (χ0v) is 18.3. The van der Waals surface area contributed by atoms with Crippen molar-refractivity contribution in [3.8, 4) is 0 Å². The molecule has 0 spiro atoms. The molecule has 1 amide bonds. The molecule has 1 aromatic carbocycles. The number of amides is 1. The number of fused-ring (bicyclic) bond motifs is 2. The van der Waals surface area contributed by atoms with E-state index < -0.39 is 0 Å². The van der Waals surface area contributed by atoms with Gasteiger partial charge in [-0.1, -0.05) is 30.5 Å². The zero-order valence-electron chi connectivity index (χ0n) is 16.8. The van der Waals surface area contributed by atoms with E-state index in [0.717, 1.165) is 42.8 Å². The molecule has 3 heterocycles. The van der Waals surface area contributed by atoms with Gasteiger partial charge in [-0.25, -0.2) is 4.98 Å². The van der Waals surface area contributed by atoms with Gasteiger partial charge in [0.05, 0.1) is 21.8 Å². The summed E-state index contributed by atoms with van der Waals surface area (Å²) in [6.45, 7) is 5.38. The summed E-state index contributed by atoms with van der Waals surface area (Å²) in [5, 5.41) is 0.566. The first kappa shape index (κ1) is 20.8. The Morgan fingerprint density at radius 2 is 2.07 bits per heavy atom. The molecule has 0 saturated carbocycles. The molecule has 0 atom stereocenters. The fourth-order valence-electron chi connectivity index (χ4n) is 3.91. The molecule has 5 nitrogen and oxygen atoms in total. The molecule has 0 radical (unpaired) electrons. The third-order valence-corrected chi connectivity index (χ3v) is 6.64. The lowest BCUT2D eigenvalue weighted by molar-refractivity contribution is 0.0764. The second kappa shape index (κ2) is 9.14. The summed E-state index contributed by atoms with van der Waals surface area (Å²) in [4.78, 5) is 33.7. The van der Waals surface area contributed by atoms with Crippen molar-refractivity contribution in [3.63, 3.8) is 0 Å². The lowest BCUT2D eigenvalue weighted by atomic mass is 10.1. The predicted octanol–water partition coefficient (Wildman–Crippen LogP) is 5.06.